The Balaban J connectivity index is 1.85. The molecule has 0 radical (unpaired) electrons. The van der Waals surface area contributed by atoms with E-state index in [9.17, 15) is 0 Å². The molecule has 1 aliphatic heterocycles. The predicted molar refractivity (Wildman–Crippen MR) is 74.4 cm³/mol. The van der Waals surface area contributed by atoms with E-state index in [1.54, 1.807) is 0 Å². The van der Waals surface area contributed by atoms with Crippen molar-refractivity contribution in [2.45, 2.75) is 38.8 Å². The average Bonchev–Trinajstić information content (AvgIpc) is 2.90. The Morgan fingerprint density at radius 1 is 1.45 bits per heavy atom. The Hall–Kier alpha value is -1.95. The molecule has 1 aromatic heterocycles. The molecule has 6 nitrogen and oxygen atoms in total. The Bertz CT molecular complexity index is 569. The van der Waals surface area contributed by atoms with E-state index < -0.39 is 0 Å². The second-order valence-corrected chi connectivity index (χ2v) is 5.19. The third kappa shape index (κ3) is 2.51. The van der Waals surface area contributed by atoms with Crippen molar-refractivity contribution in [2.75, 3.05) is 6.61 Å². The molecule has 20 heavy (non-hydrogen) atoms. The zero-order valence-corrected chi connectivity index (χ0v) is 11.8. The number of aryl methyl sites for hydroxylation is 1. The normalized spacial score (nSPS) is 19.8. The summed E-state index contributed by atoms with van der Waals surface area (Å²) in [7, 11) is 0. The molecule has 3 rings (SSSR count). The number of ether oxygens (including phenoxy) is 1. The van der Waals surface area contributed by atoms with Gasteiger partial charge in [0.15, 0.2) is 5.82 Å². The first kappa shape index (κ1) is 13.1. The van der Waals surface area contributed by atoms with Gasteiger partial charge in [-0.05, 0) is 32.3 Å². The lowest BCUT2D eigenvalue weighted by Gasteiger charge is -2.22. The molecule has 2 aromatic rings. The van der Waals surface area contributed by atoms with Gasteiger partial charge in [-0.1, -0.05) is 23.4 Å². The van der Waals surface area contributed by atoms with Crippen LogP contribution in [0.4, 0.5) is 0 Å². The van der Waals surface area contributed by atoms with Crippen molar-refractivity contribution in [1.82, 2.24) is 25.9 Å². The summed E-state index contributed by atoms with van der Waals surface area (Å²) < 4.78 is 5.89. The molecule has 2 atom stereocenters. The van der Waals surface area contributed by atoms with E-state index >= 15 is 0 Å². The van der Waals surface area contributed by atoms with Gasteiger partial charge in [0.05, 0.1) is 12.6 Å². The van der Waals surface area contributed by atoms with E-state index in [2.05, 4.69) is 51.1 Å². The summed E-state index contributed by atoms with van der Waals surface area (Å²) in [5, 5.41) is 17.8. The molecule has 106 valence electrons. The van der Waals surface area contributed by atoms with Gasteiger partial charge < -0.3 is 10.1 Å². The van der Waals surface area contributed by atoms with E-state index in [1.807, 2.05) is 6.92 Å². The first-order chi connectivity index (χ1) is 9.75. The van der Waals surface area contributed by atoms with Gasteiger partial charge in [-0.25, -0.2) is 0 Å². The fraction of sp³-hybridized carbons (Fsp3) is 0.500. The zero-order valence-electron chi connectivity index (χ0n) is 11.8. The van der Waals surface area contributed by atoms with Gasteiger partial charge in [0.1, 0.15) is 5.75 Å². The van der Waals surface area contributed by atoms with Gasteiger partial charge in [0.2, 0.25) is 0 Å². The minimum atomic E-state index is 0.0465. The summed E-state index contributed by atoms with van der Waals surface area (Å²) in [5.41, 5.74) is 2.40. The number of aromatic nitrogens is 4. The first-order valence-corrected chi connectivity index (χ1v) is 6.97. The Labute approximate surface area is 117 Å². The van der Waals surface area contributed by atoms with Gasteiger partial charge in [-0.15, -0.1) is 10.2 Å². The van der Waals surface area contributed by atoms with Crippen molar-refractivity contribution in [3.63, 3.8) is 0 Å². The number of fused-ring (bicyclic) bond motifs is 1. The molecule has 0 spiro atoms. The summed E-state index contributed by atoms with van der Waals surface area (Å²) in [4.78, 5) is 0. The molecular weight excluding hydrogens is 254 g/mol. The quantitative estimate of drug-likeness (QED) is 0.895. The van der Waals surface area contributed by atoms with Gasteiger partial charge in [0.25, 0.3) is 0 Å². The van der Waals surface area contributed by atoms with Crippen molar-refractivity contribution in [3.8, 4) is 5.75 Å². The van der Waals surface area contributed by atoms with Crippen LogP contribution in [0.1, 0.15) is 48.8 Å². The SMILES string of the molecule is Cc1cccc2c1OCCCC2NC(C)c1nn[nH]n1. The predicted octanol–water partition coefficient (Wildman–Crippen LogP) is 2.07. The molecule has 0 amide bonds. The van der Waals surface area contributed by atoms with Crippen LogP contribution in [0.15, 0.2) is 18.2 Å². The van der Waals surface area contributed by atoms with Crippen LogP contribution in [0.5, 0.6) is 5.75 Å². The summed E-state index contributed by atoms with van der Waals surface area (Å²) in [6.07, 6.45) is 2.07. The van der Waals surface area contributed by atoms with Crippen molar-refractivity contribution < 1.29 is 4.74 Å². The minimum absolute atomic E-state index is 0.0465. The minimum Gasteiger partial charge on any atom is -0.493 e. The van der Waals surface area contributed by atoms with E-state index in [-0.39, 0.29) is 12.1 Å². The van der Waals surface area contributed by atoms with Crippen molar-refractivity contribution in [1.29, 1.82) is 0 Å². The Morgan fingerprint density at radius 2 is 2.35 bits per heavy atom. The molecule has 0 saturated heterocycles. The highest BCUT2D eigenvalue weighted by Crippen LogP contribution is 2.35. The van der Waals surface area contributed by atoms with E-state index in [4.69, 9.17) is 4.74 Å². The molecule has 0 bridgehead atoms. The molecule has 1 aromatic carbocycles. The Morgan fingerprint density at radius 3 is 3.15 bits per heavy atom. The van der Waals surface area contributed by atoms with Crippen LogP contribution in [0.3, 0.4) is 0 Å². The number of hydrogen-bond acceptors (Lipinski definition) is 5. The number of nitrogens with one attached hydrogen (secondary N) is 2. The van der Waals surface area contributed by atoms with Crippen LogP contribution in [0, 0.1) is 6.92 Å². The maximum Gasteiger partial charge on any atom is 0.191 e. The van der Waals surface area contributed by atoms with Gasteiger partial charge >= 0.3 is 0 Å². The molecule has 1 aliphatic rings. The monoisotopic (exact) mass is 273 g/mol. The topological polar surface area (TPSA) is 75.7 Å². The maximum absolute atomic E-state index is 5.89. The lowest BCUT2D eigenvalue weighted by molar-refractivity contribution is 0.312. The maximum atomic E-state index is 5.89. The number of aromatic amines is 1. The summed E-state index contributed by atoms with van der Waals surface area (Å²) in [5.74, 6) is 1.70. The number of rotatable bonds is 3. The van der Waals surface area contributed by atoms with Crippen molar-refractivity contribution in [3.05, 3.63) is 35.2 Å². The number of benzene rings is 1. The lowest BCUT2D eigenvalue weighted by Crippen LogP contribution is -2.25. The number of tetrazole rings is 1. The third-order valence-corrected chi connectivity index (χ3v) is 3.70. The summed E-state index contributed by atoms with van der Waals surface area (Å²) in [6, 6.07) is 6.60. The van der Waals surface area contributed by atoms with E-state index in [1.165, 1.54) is 11.1 Å². The second kappa shape index (κ2) is 5.58. The number of H-pyrrole nitrogens is 1. The molecule has 6 heteroatoms. The Kier molecular flexibility index (Phi) is 3.64. The molecule has 2 heterocycles. The summed E-state index contributed by atoms with van der Waals surface area (Å²) >= 11 is 0. The van der Waals surface area contributed by atoms with Crippen molar-refractivity contribution >= 4 is 0 Å². The van der Waals surface area contributed by atoms with Gasteiger partial charge in [-0.2, -0.15) is 5.21 Å². The van der Waals surface area contributed by atoms with Crippen molar-refractivity contribution in [2.24, 2.45) is 0 Å². The average molecular weight is 273 g/mol. The van der Waals surface area contributed by atoms with Crippen LogP contribution in [-0.2, 0) is 0 Å². The second-order valence-electron chi connectivity index (χ2n) is 5.19. The number of hydrogen-bond donors (Lipinski definition) is 2. The fourth-order valence-corrected chi connectivity index (χ4v) is 2.67. The zero-order chi connectivity index (χ0) is 13.9. The third-order valence-electron chi connectivity index (χ3n) is 3.70. The highest BCUT2D eigenvalue weighted by atomic mass is 16.5. The van der Waals surface area contributed by atoms with E-state index in [0.29, 0.717) is 5.82 Å². The molecular formula is C14H19N5O. The molecule has 0 saturated carbocycles. The summed E-state index contributed by atoms with van der Waals surface area (Å²) in [6.45, 7) is 4.91. The number of para-hydroxylation sites is 1. The van der Waals surface area contributed by atoms with Crippen LogP contribution < -0.4 is 10.1 Å². The van der Waals surface area contributed by atoms with Crippen LogP contribution in [-0.4, -0.2) is 27.2 Å². The van der Waals surface area contributed by atoms with Crippen LogP contribution >= 0.6 is 0 Å². The largest absolute Gasteiger partial charge is 0.493 e. The molecule has 2 N–H and O–H groups in total. The highest BCUT2D eigenvalue weighted by molar-refractivity contribution is 5.43. The molecule has 0 fully saturated rings. The van der Waals surface area contributed by atoms with Crippen LogP contribution in [0.25, 0.3) is 0 Å². The smallest absolute Gasteiger partial charge is 0.191 e. The fourth-order valence-electron chi connectivity index (χ4n) is 2.67. The number of nitrogens with zero attached hydrogens (tertiary/aromatic N) is 3. The standard InChI is InChI=1S/C14H19N5O/c1-9-5-3-6-11-12(7-4-8-20-13(9)11)15-10(2)14-16-18-19-17-14/h3,5-6,10,12,15H,4,7-8H2,1-2H3,(H,16,17,18,19). The molecule has 2 unspecified atom stereocenters. The van der Waals surface area contributed by atoms with Crippen LogP contribution in [0.2, 0.25) is 0 Å². The van der Waals surface area contributed by atoms with Gasteiger partial charge in [0, 0.05) is 11.6 Å². The lowest BCUT2D eigenvalue weighted by atomic mass is 9.99. The van der Waals surface area contributed by atoms with E-state index in [0.717, 1.165) is 25.2 Å². The van der Waals surface area contributed by atoms with Gasteiger partial charge in [-0.3, -0.25) is 0 Å². The first-order valence-electron chi connectivity index (χ1n) is 6.97. The molecule has 0 aliphatic carbocycles. The highest BCUT2D eigenvalue weighted by Gasteiger charge is 2.23.